The van der Waals surface area contributed by atoms with Crippen LogP contribution in [-0.4, -0.2) is 23.5 Å². The van der Waals surface area contributed by atoms with E-state index < -0.39 is 5.97 Å². The Kier molecular flexibility index (Phi) is 5.65. The number of ether oxygens (including phenoxy) is 1. The molecule has 0 saturated heterocycles. The molecule has 0 heterocycles. The highest BCUT2D eigenvalue weighted by Crippen LogP contribution is 2.24. The third-order valence-corrected chi connectivity index (χ3v) is 2.59. The van der Waals surface area contributed by atoms with Crippen LogP contribution in [0.4, 0.5) is 0 Å². The molecule has 98 valence electrons. The van der Waals surface area contributed by atoms with E-state index in [0.29, 0.717) is 22.9 Å². The van der Waals surface area contributed by atoms with E-state index in [4.69, 9.17) is 21.4 Å². The zero-order chi connectivity index (χ0) is 13.5. The van der Waals surface area contributed by atoms with Crippen molar-refractivity contribution < 1.29 is 19.4 Å². The van der Waals surface area contributed by atoms with Gasteiger partial charge in [-0.15, -0.1) is 0 Å². The molecule has 0 atom stereocenters. The summed E-state index contributed by atoms with van der Waals surface area (Å²) in [5, 5.41) is 8.81. The molecule has 0 fully saturated rings. The normalized spacial score (nSPS) is 10.1. The number of rotatable bonds is 7. The lowest BCUT2D eigenvalue weighted by atomic mass is 10.1. The van der Waals surface area contributed by atoms with Crippen molar-refractivity contribution in [3.05, 3.63) is 28.8 Å². The minimum absolute atomic E-state index is 0.0514. The summed E-state index contributed by atoms with van der Waals surface area (Å²) in [7, 11) is 0. The molecular weight excluding hydrogens is 256 g/mol. The fraction of sp³-hybridized carbons (Fsp3) is 0.385. The van der Waals surface area contributed by atoms with Gasteiger partial charge >= 0.3 is 5.97 Å². The Balaban J connectivity index is 2.72. The van der Waals surface area contributed by atoms with Crippen molar-refractivity contribution in [3.63, 3.8) is 0 Å². The van der Waals surface area contributed by atoms with Gasteiger partial charge in [-0.05, 0) is 24.6 Å². The highest BCUT2D eigenvalue weighted by molar-refractivity contribution is 6.34. The van der Waals surface area contributed by atoms with E-state index in [2.05, 4.69) is 0 Å². The van der Waals surface area contributed by atoms with E-state index in [1.165, 1.54) is 0 Å². The van der Waals surface area contributed by atoms with Crippen LogP contribution < -0.4 is 4.74 Å². The highest BCUT2D eigenvalue weighted by Gasteiger charge is 2.12. The molecule has 0 aliphatic heterocycles. The van der Waals surface area contributed by atoms with Gasteiger partial charge in [-0.2, -0.15) is 0 Å². The average Bonchev–Trinajstić information content (AvgIpc) is 2.33. The summed E-state index contributed by atoms with van der Waals surface area (Å²) in [6, 6.07) is 4.80. The second-order valence-electron chi connectivity index (χ2n) is 3.81. The third-order valence-electron chi connectivity index (χ3n) is 2.28. The van der Waals surface area contributed by atoms with Crippen LogP contribution in [0.3, 0.4) is 0 Å². The van der Waals surface area contributed by atoms with Crippen molar-refractivity contribution in [1.29, 1.82) is 0 Å². The number of carboxylic acids is 1. The largest absolute Gasteiger partial charge is 0.494 e. The molecule has 1 rings (SSSR count). The number of benzene rings is 1. The second kappa shape index (κ2) is 7.01. The van der Waals surface area contributed by atoms with E-state index >= 15 is 0 Å². The quantitative estimate of drug-likeness (QED) is 0.773. The lowest BCUT2D eigenvalue weighted by Gasteiger charge is -2.07. The van der Waals surface area contributed by atoms with Gasteiger partial charge in [0.1, 0.15) is 5.75 Å². The summed E-state index contributed by atoms with van der Waals surface area (Å²) in [6.07, 6.45) is 0.643. The van der Waals surface area contributed by atoms with Gasteiger partial charge in [-0.3, -0.25) is 9.59 Å². The van der Waals surface area contributed by atoms with Gasteiger partial charge in [0.15, 0.2) is 5.78 Å². The zero-order valence-electron chi connectivity index (χ0n) is 10.1. The number of carbonyl (C=O) groups excluding carboxylic acids is 1. The fourth-order valence-corrected chi connectivity index (χ4v) is 1.66. The molecule has 0 radical (unpaired) electrons. The average molecular weight is 271 g/mol. The molecule has 0 aromatic heterocycles. The smallest absolute Gasteiger partial charge is 0.303 e. The maximum atomic E-state index is 11.7. The van der Waals surface area contributed by atoms with E-state index in [1.54, 1.807) is 18.2 Å². The molecule has 1 aromatic rings. The first-order valence-corrected chi connectivity index (χ1v) is 6.09. The molecule has 0 amide bonds. The SMILES string of the molecule is CCCOc1ccc(C(=O)CCC(=O)O)c(Cl)c1. The maximum absolute atomic E-state index is 11.7. The molecule has 0 saturated carbocycles. The van der Waals surface area contributed by atoms with E-state index in [9.17, 15) is 9.59 Å². The minimum Gasteiger partial charge on any atom is -0.494 e. The maximum Gasteiger partial charge on any atom is 0.303 e. The predicted octanol–water partition coefficient (Wildman–Crippen LogP) is 3.18. The molecule has 1 N–H and O–H groups in total. The molecule has 0 bridgehead atoms. The van der Waals surface area contributed by atoms with Crippen LogP contribution >= 0.6 is 11.6 Å². The first-order valence-electron chi connectivity index (χ1n) is 5.72. The number of carboxylic acid groups (broad SMARTS) is 1. The Labute approximate surface area is 111 Å². The Hall–Kier alpha value is -1.55. The molecule has 18 heavy (non-hydrogen) atoms. The fourth-order valence-electron chi connectivity index (χ4n) is 1.39. The Morgan fingerprint density at radius 1 is 1.33 bits per heavy atom. The summed E-state index contributed by atoms with van der Waals surface area (Å²) in [6.45, 7) is 2.58. The van der Waals surface area contributed by atoms with E-state index in [1.807, 2.05) is 6.92 Å². The monoisotopic (exact) mass is 270 g/mol. The number of halogens is 1. The van der Waals surface area contributed by atoms with Crippen molar-refractivity contribution in [3.8, 4) is 5.75 Å². The molecule has 0 spiro atoms. The number of hydrogen-bond acceptors (Lipinski definition) is 3. The molecule has 0 aliphatic carbocycles. The van der Waals surface area contributed by atoms with Crippen molar-refractivity contribution in [2.75, 3.05) is 6.61 Å². The summed E-state index contributed by atoms with van der Waals surface area (Å²) in [5.41, 5.74) is 0.335. The Morgan fingerprint density at radius 2 is 2.06 bits per heavy atom. The van der Waals surface area contributed by atoms with Gasteiger partial charge < -0.3 is 9.84 Å². The van der Waals surface area contributed by atoms with Gasteiger partial charge in [0.05, 0.1) is 18.1 Å². The Morgan fingerprint density at radius 3 is 2.61 bits per heavy atom. The number of ketones is 1. The summed E-state index contributed by atoms with van der Waals surface area (Å²) < 4.78 is 5.38. The van der Waals surface area contributed by atoms with E-state index in [0.717, 1.165) is 6.42 Å². The highest BCUT2D eigenvalue weighted by atomic mass is 35.5. The summed E-state index contributed by atoms with van der Waals surface area (Å²) >= 11 is 5.97. The third kappa shape index (κ3) is 4.37. The van der Waals surface area contributed by atoms with Gasteiger partial charge in [0.25, 0.3) is 0 Å². The van der Waals surface area contributed by atoms with Crippen LogP contribution in [0.5, 0.6) is 5.75 Å². The first-order chi connectivity index (χ1) is 8.54. The second-order valence-corrected chi connectivity index (χ2v) is 4.21. The van der Waals surface area contributed by atoms with Crippen LogP contribution in [-0.2, 0) is 4.79 Å². The number of hydrogen-bond donors (Lipinski definition) is 1. The van der Waals surface area contributed by atoms with Gasteiger partial charge in [0.2, 0.25) is 0 Å². The molecule has 0 unspecified atom stereocenters. The van der Waals surface area contributed by atoms with Crippen molar-refractivity contribution in [2.45, 2.75) is 26.2 Å². The van der Waals surface area contributed by atoms with Crippen molar-refractivity contribution in [2.24, 2.45) is 0 Å². The zero-order valence-corrected chi connectivity index (χ0v) is 10.9. The topological polar surface area (TPSA) is 63.6 Å². The van der Waals surface area contributed by atoms with Crippen LogP contribution in [0.15, 0.2) is 18.2 Å². The molecule has 4 nitrogen and oxygen atoms in total. The number of Topliss-reactive ketones (excluding diaryl/α,β-unsaturated/α-hetero) is 1. The van der Waals surface area contributed by atoms with Crippen LogP contribution in [0.1, 0.15) is 36.5 Å². The lowest BCUT2D eigenvalue weighted by molar-refractivity contribution is -0.136. The van der Waals surface area contributed by atoms with Crippen molar-refractivity contribution >= 4 is 23.4 Å². The Bertz CT molecular complexity index is 443. The first kappa shape index (κ1) is 14.5. The van der Waals surface area contributed by atoms with Gasteiger partial charge in [0, 0.05) is 12.0 Å². The van der Waals surface area contributed by atoms with Gasteiger partial charge in [-0.25, -0.2) is 0 Å². The molecule has 5 heteroatoms. The van der Waals surface area contributed by atoms with Crippen LogP contribution in [0.2, 0.25) is 5.02 Å². The molecule has 1 aromatic carbocycles. The number of aliphatic carboxylic acids is 1. The predicted molar refractivity (Wildman–Crippen MR) is 68.4 cm³/mol. The van der Waals surface area contributed by atoms with E-state index in [-0.39, 0.29) is 18.6 Å². The van der Waals surface area contributed by atoms with Crippen molar-refractivity contribution in [1.82, 2.24) is 0 Å². The van der Waals surface area contributed by atoms with Gasteiger partial charge in [-0.1, -0.05) is 18.5 Å². The lowest BCUT2D eigenvalue weighted by Crippen LogP contribution is -2.05. The van der Waals surface area contributed by atoms with Crippen LogP contribution in [0, 0.1) is 0 Å². The van der Waals surface area contributed by atoms with Crippen LogP contribution in [0.25, 0.3) is 0 Å². The standard InChI is InChI=1S/C13H15ClO4/c1-2-7-18-9-3-4-10(11(14)8-9)12(15)5-6-13(16)17/h3-4,8H,2,5-7H2,1H3,(H,16,17). The minimum atomic E-state index is -0.998. The summed E-state index contributed by atoms with van der Waals surface area (Å²) in [5.74, 6) is -0.663. The summed E-state index contributed by atoms with van der Waals surface area (Å²) in [4.78, 5) is 22.1. The number of carbonyl (C=O) groups is 2. The molecule has 0 aliphatic rings. The molecular formula is C13H15ClO4.